The fourth-order valence-corrected chi connectivity index (χ4v) is 3.56. The standard InChI is InChI=1S/C14H21F3N4OS/c1-4-23-10-5-6-13(10,22)8-18-12-19-9(14(15,16)17)7-11(20-12)21(2)3/h7,10,22H,4-6,8H2,1-3H3,(H,18,19,20). The van der Waals surface area contributed by atoms with E-state index in [0.29, 0.717) is 6.42 Å². The first kappa shape index (κ1) is 18.1. The van der Waals surface area contributed by atoms with E-state index < -0.39 is 17.5 Å². The largest absolute Gasteiger partial charge is 0.433 e. The minimum absolute atomic E-state index is 0.0964. The van der Waals surface area contributed by atoms with Crippen LogP contribution in [0.25, 0.3) is 0 Å². The maximum Gasteiger partial charge on any atom is 0.433 e. The molecule has 1 aliphatic rings. The number of rotatable bonds is 6. The van der Waals surface area contributed by atoms with Crippen molar-refractivity contribution >= 4 is 23.5 Å². The number of aromatic nitrogens is 2. The molecule has 0 bridgehead atoms. The quantitative estimate of drug-likeness (QED) is 0.822. The number of hydrogen-bond acceptors (Lipinski definition) is 6. The van der Waals surface area contributed by atoms with Crippen molar-refractivity contribution in [3.63, 3.8) is 0 Å². The van der Waals surface area contributed by atoms with Crippen LogP contribution in [-0.4, -0.2) is 52.3 Å². The summed E-state index contributed by atoms with van der Waals surface area (Å²) in [6.45, 7) is 2.15. The zero-order valence-electron chi connectivity index (χ0n) is 13.3. The molecule has 1 fully saturated rings. The molecule has 5 nitrogen and oxygen atoms in total. The van der Waals surface area contributed by atoms with Crippen molar-refractivity contribution in [1.29, 1.82) is 0 Å². The highest BCUT2D eigenvalue weighted by Gasteiger charge is 2.45. The zero-order chi connectivity index (χ0) is 17.3. The van der Waals surface area contributed by atoms with Gasteiger partial charge in [0, 0.05) is 32.0 Å². The lowest BCUT2D eigenvalue weighted by Crippen LogP contribution is -2.54. The molecular weight excluding hydrogens is 329 g/mol. The first-order chi connectivity index (χ1) is 10.7. The average molecular weight is 350 g/mol. The highest BCUT2D eigenvalue weighted by molar-refractivity contribution is 8.00. The van der Waals surface area contributed by atoms with Crippen LogP contribution in [0.3, 0.4) is 0 Å². The summed E-state index contributed by atoms with van der Waals surface area (Å²) < 4.78 is 38.8. The van der Waals surface area contributed by atoms with Gasteiger partial charge in [-0.1, -0.05) is 6.92 Å². The Morgan fingerprint density at radius 1 is 1.43 bits per heavy atom. The van der Waals surface area contributed by atoms with Crippen LogP contribution < -0.4 is 10.2 Å². The number of anilines is 2. The second-order valence-corrected chi connectivity index (χ2v) is 7.25. The van der Waals surface area contributed by atoms with Crippen LogP contribution in [-0.2, 0) is 6.18 Å². The highest BCUT2D eigenvalue weighted by atomic mass is 32.2. The molecule has 23 heavy (non-hydrogen) atoms. The molecule has 2 rings (SSSR count). The number of thioether (sulfide) groups is 1. The maximum absolute atomic E-state index is 12.9. The summed E-state index contributed by atoms with van der Waals surface area (Å²) in [4.78, 5) is 9.07. The Bertz CT molecular complexity index is 555. The normalized spacial score (nSPS) is 24.2. The van der Waals surface area contributed by atoms with Gasteiger partial charge in [0.25, 0.3) is 0 Å². The van der Waals surface area contributed by atoms with Crippen LogP contribution in [0.5, 0.6) is 0 Å². The number of nitrogens with one attached hydrogen (secondary N) is 1. The molecule has 1 aromatic rings. The molecule has 2 unspecified atom stereocenters. The summed E-state index contributed by atoms with van der Waals surface area (Å²) in [5, 5.41) is 13.4. The van der Waals surface area contributed by atoms with Gasteiger partial charge in [0.2, 0.25) is 5.95 Å². The molecule has 0 saturated heterocycles. The monoisotopic (exact) mass is 350 g/mol. The molecule has 9 heteroatoms. The van der Waals surface area contributed by atoms with E-state index in [1.54, 1.807) is 25.9 Å². The van der Waals surface area contributed by atoms with Gasteiger partial charge in [0.05, 0.1) is 5.60 Å². The third-order valence-electron chi connectivity index (χ3n) is 3.82. The van der Waals surface area contributed by atoms with Crippen LogP contribution in [0.1, 0.15) is 25.5 Å². The van der Waals surface area contributed by atoms with E-state index >= 15 is 0 Å². The molecule has 2 N–H and O–H groups in total. The van der Waals surface area contributed by atoms with Gasteiger partial charge in [-0.2, -0.15) is 29.9 Å². The fourth-order valence-electron chi connectivity index (χ4n) is 2.36. The van der Waals surface area contributed by atoms with Crippen molar-refractivity contribution in [3.8, 4) is 0 Å². The van der Waals surface area contributed by atoms with Crippen molar-refractivity contribution in [3.05, 3.63) is 11.8 Å². The van der Waals surface area contributed by atoms with E-state index in [4.69, 9.17) is 0 Å². The van der Waals surface area contributed by atoms with Gasteiger partial charge in [0.1, 0.15) is 5.82 Å². The molecule has 0 radical (unpaired) electrons. The van der Waals surface area contributed by atoms with Crippen molar-refractivity contribution in [2.45, 2.75) is 36.8 Å². The fraction of sp³-hybridized carbons (Fsp3) is 0.714. The van der Waals surface area contributed by atoms with E-state index in [-0.39, 0.29) is 23.6 Å². The SMILES string of the molecule is CCSC1CCC1(O)CNc1nc(N(C)C)cc(C(F)(F)F)n1. The smallest absolute Gasteiger partial charge is 0.387 e. The molecular formula is C14H21F3N4OS. The number of halogens is 3. The second kappa shape index (κ2) is 6.72. The Morgan fingerprint density at radius 3 is 2.61 bits per heavy atom. The van der Waals surface area contributed by atoms with Gasteiger partial charge in [-0.15, -0.1) is 0 Å². The summed E-state index contributed by atoms with van der Waals surface area (Å²) in [6.07, 6.45) is -3.02. The average Bonchev–Trinajstić information content (AvgIpc) is 2.48. The lowest BCUT2D eigenvalue weighted by molar-refractivity contribution is -0.141. The molecule has 1 heterocycles. The molecule has 1 aromatic heterocycles. The zero-order valence-corrected chi connectivity index (χ0v) is 14.1. The Labute approximate surface area is 137 Å². The van der Waals surface area contributed by atoms with Gasteiger partial charge in [0.15, 0.2) is 5.69 Å². The van der Waals surface area contributed by atoms with Crippen molar-refractivity contribution < 1.29 is 18.3 Å². The molecule has 1 aliphatic carbocycles. The Morgan fingerprint density at radius 2 is 2.13 bits per heavy atom. The lowest BCUT2D eigenvalue weighted by Gasteiger charge is -2.45. The minimum atomic E-state index is -4.54. The van der Waals surface area contributed by atoms with Crippen LogP contribution in [0.4, 0.5) is 24.9 Å². The summed E-state index contributed by atoms with van der Waals surface area (Å²) >= 11 is 1.66. The minimum Gasteiger partial charge on any atom is -0.387 e. The molecule has 130 valence electrons. The van der Waals surface area contributed by atoms with Crippen molar-refractivity contribution in [1.82, 2.24) is 9.97 Å². The summed E-state index contributed by atoms with van der Waals surface area (Å²) in [5.74, 6) is 0.927. The van der Waals surface area contributed by atoms with Gasteiger partial charge in [-0.3, -0.25) is 0 Å². The highest BCUT2D eigenvalue weighted by Crippen LogP contribution is 2.41. The Hall–Kier alpha value is -1.22. The first-order valence-corrected chi connectivity index (χ1v) is 8.42. The van der Waals surface area contributed by atoms with Crippen molar-refractivity contribution in [2.24, 2.45) is 0 Å². The van der Waals surface area contributed by atoms with Gasteiger partial charge >= 0.3 is 6.18 Å². The first-order valence-electron chi connectivity index (χ1n) is 7.37. The third-order valence-corrected chi connectivity index (χ3v) is 5.23. The number of aliphatic hydroxyl groups is 1. The lowest BCUT2D eigenvalue weighted by atomic mass is 9.79. The van der Waals surface area contributed by atoms with E-state index in [1.165, 1.54) is 4.90 Å². The van der Waals surface area contributed by atoms with Crippen LogP contribution in [0.2, 0.25) is 0 Å². The molecule has 2 atom stereocenters. The summed E-state index contributed by atoms with van der Waals surface area (Å²) in [6, 6.07) is 0.902. The van der Waals surface area contributed by atoms with E-state index in [2.05, 4.69) is 15.3 Å². The van der Waals surface area contributed by atoms with Gasteiger partial charge in [-0.05, 0) is 18.6 Å². The van der Waals surface area contributed by atoms with E-state index in [9.17, 15) is 18.3 Å². The topological polar surface area (TPSA) is 61.3 Å². The number of alkyl halides is 3. The molecule has 1 saturated carbocycles. The molecule has 0 amide bonds. The summed E-state index contributed by atoms with van der Waals surface area (Å²) in [5.41, 5.74) is -1.92. The van der Waals surface area contributed by atoms with Crippen LogP contribution in [0.15, 0.2) is 6.07 Å². The van der Waals surface area contributed by atoms with Crippen LogP contribution >= 0.6 is 11.8 Å². The van der Waals surface area contributed by atoms with Crippen LogP contribution in [0, 0.1) is 0 Å². The Kier molecular flexibility index (Phi) is 5.30. The van der Waals surface area contributed by atoms with Gasteiger partial charge in [-0.25, -0.2) is 4.98 Å². The molecule has 0 aliphatic heterocycles. The molecule has 0 spiro atoms. The van der Waals surface area contributed by atoms with E-state index in [1.807, 2.05) is 6.92 Å². The summed E-state index contributed by atoms with van der Waals surface area (Å²) in [7, 11) is 3.22. The number of nitrogens with zero attached hydrogens (tertiary/aromatic N) is 3. The Balaban J connectivity index is 2.14. The van der Waals surface area contributed by atoms with Gasteiger partial charge < -0.3 is 15.3 Å². The molecule has 0 aromatic carbocycles. The number of hydrogen-bond donors (Lipinski definition) is 2. The predicted octanol–water partition coefficient (Wildman–Crippen LogP) is 2.62. The van der Waals surface area contributed by atoms with Crippen molar-refractivity contribution in [2.75, 3.05) is 36.6 Å². The van der Waals surface area contributed by atoms with E-state index in [0.717, 1.165) is 18.2 Å². The predicted molar refractivity (Wildman–Crippen MR) is 86.0 cm³/mol. The maximum atomic E-state index is 12.9. The third kappa shape index (κ3) is 4.20. The second-order valence-electron chi connectivity index (χ2n) is 5.77.